The maximum absolute atomic E-state index is 11.8. The van der Waals surface area contributed by atoms with E-state index in [0.29, 0.717) is 11.1 Å². The number of ether oxygens (including phenoxy) is 2. The van der Waals surface area contributed by atoms with Gasteiger partial charge in [-0.15, -0.1) is 0 Å². The van der Waals surface area contributed by atoms with E-state index < -0.39 is 6.29 Å². The molecule has 0 aliphatic heterocycles. The van der Waals surface area contributed by atoms with Crippen molar-refractivity contribution in [3.63, 3.8) is 0 Å². The minimum Gasteiger partial charge on any atom is -0.354 e. The van der Waals surface area contributed by atoms with Gasteiger partial charge in [-0.05, 0) is 13.8 Å². The number of H-pyrrole nitrogens is 1. The van der Waals surface area contributed by atoms with Crippen molar-refractivity contribution in [3.8, 4) is 0 Å². The summed E-state index contributed by atoms with van der Waals surface area (Å²) in [7, 11) is 2.94. The Morgan fingerprint density at radius 3 is 2.25 bits per heavy atom. The molecule has 0 radical (unpaired) electrons. The van der Waals surface area contributed by atoms with Crippen molar-refractivity contribution in [1.82, 2.24) is 9.78 Å². The lowest BCUT2D eigenvalue weighted by Crippen LogP contribution is -2.37. The summed E-state index contributed by atoms with van der Waals surface area (Å²) in [6, 6.07) is 0. The average molecular weight is 228 g/mol. The molecule has 0 unspecified atom stereocenters. The topological polar surface area (TPSA) is 73.3 Å². The zero-order valence-corrected chi connectivity index (χ0v) is 9.86. The van der Waals surface area contributed by atoms with Crippen LogP contribution in [0.3, 0.4) is 0 Å². The van der Waals surface area contributed by atoms with Gasteiger partial charge in [-0.25, -0.2) is 4.68 Å². The molecule has 1 N–H and O–H groups in total. The Morgan fingerprint density at radius 2 is 1.75 bits per heavy atom. The largest absolute Gasteiger partial charge is 0.354 e. The van der Waals surface area contributed by atoms with Gasteiger partial charge in [0.05, 0.1) is 6.54 Å². The van der Waals surface area contributed by atoms with Crippen molar-refractivity contribution >= 4 is 0 Å². The number of methoxy groups -OCH3 is 2. The van der Waals surface area contributed by atoms with Crippen molar-refractivity contribution in [1.29, 1.82) is 0 Å². The normalized spacial score (nSPS) is 11.1. The molecule has 1 aromatic rings. The molecule has 0 aliphatic rings. The summed E-state index contributed by atoms with van der Waals surface area (Å²) in [5.41, 5.74) is 0.363. The van der Waals surface area contributed by atoms with Crippen molar-refractivity contribution < 1.29 is 9.47 Å². The summed E-state index contributed by atoms with van der Waals surface area (Å²) in [6.07, 6.45) is -0.560. The second kappa shape index (κ2) is 5.09. The minimum absolute atomic E-state index is 0.155. The van der Waals surface area contributed by atoms with Crippen LogP contribution in [0.5, 0.6) is 0 Å². The number of hydrogen-bond donors (Lipinski definition) is 1. The molecular weight excluding hydrogens is 212 g/mol. The van der Waals surface area contributed by atoms with Gasteiger partial charge >= 0.3 is 0 Å². The maximum atomic E-state index is 11.8. The van der Waals surface area contributed by atoms with Crippen LogP contribution in [0.25, 0.3) is 0 Å². The standard InChI is InChI=1S/C10H16N2O4/c1-6-7(2)10(14)12(11-9(6)13)5-8(15-3)16-4/h8H,5H2,1-4H3,(H,11,13). The van der Waals surface area contributed by atoms with Crippen LogP contribution in [0.15, 0.2) is 9.59 Å². The van der Waals surface area contributed by atoms with Gasteiger partial charge in [0, 0.05) is 25.3 Å². The molecule has 90 valence electrons. The highest BCUT2D eigenvalue weighted by Crippen LogP contribution is 1.95. The highest BCUT2D eigenvalue weighted by molar-refractivity contribution is 5.17. The van der Waals surface area contributed by atoms with E-state index in [1.165, 1.54) is 18.9 Å². The van der Waals surface area contributed by atoms with Crippen molar-refractivity contribution in [3.05, 3.63) is 31.8 Å². The molecule has 0 spiro atoms. The fourth-order valence-electron chi connectivity index (χ4n) is 1.31. The molecule has 0 saturated heterocycles. The molecule has 0 amide bonds. The van der Waals surface area contributed by atoms with E-state index in [1.807, 2.05) is 0 Å². The molecule has 0 bridgehead atoms. The fraction of sp³-hybridized carbons (Fsp3) is 0.600. The lowest BCUT2D eigenvalue weighted by Gasteiger charge is -2.15. The Labute approximate surface area is 92.8 Å². The summed E-state index contributed by atoms with van der Waals surface area (Å²) in [4.78, 5) is 23.3. The Morgan fingerprint density at radius 1 is 1.19 bits per heavy atom. The van der Waals surface area contributed by atoms with E-state index >= 15 is 0 Å². The summed E-state index contributed by atoms with van der Waals surface area (Å²) in [5.74, 6) is 0. The van der Waals surface area contributed by atoms with Crippen LogP contribution in [0.1, 0.15) is 11.1 Å². The van der Waals surface area contributed by atoms with Crippen molar-refractivity contribution in [2.75, 3.05) is 14.2 Å². The average Bonchev–Trinajstić information content (AvgIpc) is 2.29. The van der Waals surface area contributed by atoms with Gasteiger partial charge in [-0.1, -0.05) is 0 Å². The lowest BCUT2D eigenvalue weighted by molar-refractivity contribution is -0.113. The van der Waals surface area contributed by atoms with Gasteiger partial charge in [0.15, 0.2) is 6.29 Å². The first-order chi connectivity index (χ1) is 7.51. The quantitative estimate of drug-likeness (QED) is 0.723. The van der Waals surface area contributed by atoms with Gasteiger partial charge in [0.2, 0.25) is 0 Å². The van der Waals surface area contributed by atoms with E-state index in [2.05, 4.69) is 5.10 Å². The third-order valence-electron chi connectivity index (χ3n) is 2.56. The summed E-state index contributed by atoms with van der Waals surface area (Å²) >= 11 is 0. The second-order valence-electron chi connectivity index (χ2n) is 3.51. The first-order valence-corrected chi connectivity index (χ1v) is 4.87. The molecule has 6 heteroatoms. The number of rotatable bonds is 4. The van der Waals surface area contributed by atoms with Crippen LogP contribution in [0.4, 0.5) is 0 Å². The molecule has 0 aliphatic carbocycles. The van der Waals surface area contributed by atoms with Crippen LogP contribution in [-0.4, -0.2) is 30.3 Å². The number of aromatic nitrogens is 2. The molecule has 0 aromatic carbocycles. The zero-order chi connectivity index (χ0) is 12.3. The Bertz CT molecular complexity index is 471. The van der Waals surface area contributed by atoms with Crippen LogP contribution in [0.2, 0.25) is 0 Å². The number of hydrogen-bond acceptors (Lipinski definition) is 4. The third-order valence-corrected chi connectivity index (χ3v) is 2.56. The Balaban J connectivity index is 3.16. The molecule has 0 saturated carbocycles. The van der Waals surface area contributed by atoms with Crippen LogP contribution in [-0.2, 0) is 16.0 Å². The highest BCUT2D eigenvalue weighted by Gasteiger charge is 2.11. The third kappa shape index (κ3) is 2.40. The predicted molar refractivity (Wildman–Crippen MR) is 58.6 cm³/mol. The lowest BCUT2D eigenvalue weighted by atomic mass is 10.2. The number of aromatic amines is 1. The molecule has 1 aromatic heterocycles. The fourth-order valence-corrected chi connectivity index (χ4v) is 1.31. The maximum Gasteiger partial charge on any atom is 0.268 e. The van der Waals surface area contributed by atoms with Crippen LogP contribution >= 0.6 is 0 Å². The molecular formula is C10H16N2O4. The zero-order valence-electron chi connectivity index (χ0n) is 9.86. The van der Waals surface area contributed by atoms with E-state index in [0.717, 1.165) is 0 Å². The molecule has 6 nitrogen and oxygen atoms in total. The monoisotopic (exact) mass is 228 g/mol. The van der Waals surface area contributed by atoms with E-state index in [4.69, 9.17) is 9.47 Å². The van der Waals surface area contributed by atoms with E-state index in [-0.39, 0.29) is 17.7 Å². The van der Waals surface area contributed by atoms with E-state index in [1.54, 1.807) is 13.8 Å². The van der Waals surface area contributed by atoms with Gasteiger partial charge in [0.1, 0.15) is 0 Å². The molecule has 0 fully saturated rings. The van der Waals surface area contributed by atoms with Crippen molar-refractivity contribution in [2.24, 2.45) is 0 Å². The first kappa shape index (κ1) is 12.7. The van der Waals surface area contributed by atoms with Gasteiger partial charge in [0.25, 0.3) is 11.1 Å². The van der Waals surface area contributed by atoms with Gasteiger partial charge < -0.3 is 9.47 Å². The van der Waals surface area contributed by atoms with Crippen LogP contribution in [0, 0.1) is 13.8 Å². The first-order valence-electron chi connectivity index (χ1n) is 4.87. The van der Waals surface area contributed by atoms with Crippen LogP contribution < -0.4 is 11.1 Å². The summed E-state index contributed by atoms with van der Waals surface area (Å²) in [5, 5.41) is 2.47. The Hall–Kier alpha value is -1.40. The minimum atomic E-state index is -0.560. The smallest absolute Gasteiger partial charge is 0.268 e. The molecule has 0 atom stereocenters. The summed E-state index contributed by atoms with van der Waals surface area (Å²) in [6.45, 7) is 3.39. The summed E-state index contributed by atoms with van der Waals surface area (Å²) < 4.78 is 11.1. The second-order valence-corrected chi connectivity index (χ2v) is 3.51. The SMILES string of the molecule is COC(Cn1[nH]c(=O)c(C)c(C)c1=O)OC. The molecule has 16 heavy (non-hydrogen) atoms. The Kier molecular flexibility index (Phi) is 4.03. The van der Waals surface area contributed by atoms with Gasteiger partial charge in [-0.3, -0.25) is 14.7 Å². The highest BCUT2D eigenvalue weighted by atomic mass is 16.7. The van der Waals surface area contributed by atoms with E-state index in [9.17, 15) is 9.59 Å². The number of nitrogens with one attached hydrogen (secondary N) is 1. The van der Waals surface area contributed by atoms with Crippen molar-refractivity contribution in [2.45, 2.75) is 26.7 Å². The van der Waals surface area contributed by atoms with Gasteiger partial charge in [-0.2, -0.15) is 0 Å². The molecule has 1 rings (SSSR count). The molecule has 1 heterocycles. The predicted octanol–water partition coefficient (Wildman–Crippen LogP) is -0.228. The number of nitrogens with zero attached hydrogens (tertiary/aromatic N) is 1.